The van der Waals surface area contributed by atoms with E-state index in [0.717, 1.165) is 11.8 Å². The highest BCUT2D eigenvalue weighted by Gasteiger charge is 2.40. The Morgan fingerprint density at radius 1 is 1.24 bits per heavy atom. The summed E-state index contributed by atoms with van der Waals surface area (Å²) in [4.78, 5) is 12.0. The lowest BCUT2D eigenvalue weighted by atomic mass is 9.86. The van der Waals surface area contributed by atoms with Crippen molar-refractivity contribution >= 4 is 11.6 Å². The van der Waals surface area contributed by atoms with E-state index in [4.69, 9.17) is 0 Å². The van der Waals surface area contributed by atoms with Gasteiger partial charge >= 0.3 is 6.61 Å². The highest BCUT2D eigenvalue weighted by molar-refractivity contribution is 5.90. The van der Waals surface area contributed by atoms with Gasteiger partial charge < -0.3 is 10.1 Å². The van der Waals surface area contributed by atoms with E-state index in [9.17, 15) is 13.6 Å². The first-order valence-electron chi connectivity index (χ1n) is 7.45. The summed E-state index contributed by atoms with van der Waals surface area (Å²) in [5.74, 6) is 2.18. The molecule has 3 atom stereocenters. The lowest BCUT2D eigenvalue weighted by molar-refractivity contribution is -0.117. The van der Waals surface area contributed by atoms with Crippen molar-refractivity contribution in [3.63, 3.8) is 0 Å². The summed E-state index contributed by atoms with van der Waals surface area (Å²) in [5.41, 5.74) is 0.616. The molecule has 0 unspecified atom stereocenters. The topological polar surface area (TPSA) is 38.3 Å². The summed E-state index contributed by atoms with van der Waals surface area (Å²) < 4.78 is 28.3. The lowest BCUT2D eigenvalue weighted by Gasteiger charge is -2.20. The van der Waals surface area contributed by atoms with E-state index in [1.54, 1.807) is 12.1 Å². The van der Waals surface area contributed by atoms with Crippen LogP contribution in [-0.4, -0.2) is 12.5 Å². The number of carbonyl (C=O) groups excluding carboxylic acids is 1. The fraction of sp³-hybridized carbons (Fsp3) is 0.562. The molecule has 2 bridgehead atoms. The van der Waals surface area contributed by atoms with Gasteiger partial charge in [0.05, 0.1) is 0 Å². The molecule has 0 aliphatic heterocycles. The summed E-state index contributed by atoms with van der Waals surface area (Å²) in [6.45, 7) is -2.83. The molecule has 0 aromatic heterocycles. The van der Waals surface area contributed by atoms with Gasteiger partial charge in [0.15, 0.2) is 0 Å². The Morgan fingerprint density at radius 2 is 2.00 bits per heavy atom. The molecule has 3 nitrogen and oxygen atoms in total. The third-order valence-electron chi connectivity index (χ3n) is 4.70. The number of alkyl halides is 2. The first-order chi connectivity index (χ1) is 10.1. The summed E-state index contributed by atoms with van der Waals surface area (Å²) in [6.07, 6.45) is 5.63. The second-order valence-electron chi connectivity index (χ2n) is 6.09. The third kappa shape index (κ3) is 3.52. The molecule has 2 aliphatic carbocycles. The molecular formula is C16H19F2NO2. The molecule has 1 amide bonds. The van der Waals surface area contributed by atoms with Crippen LogP contribution in [0.15, 0.2) is 24.3 Å². The summed E-state index contributed by atoms with van der Waals surface area (Å²) in [6, 6.07) is 6.02. The van der Waals surface area contributed by atoms with E-state index in [0.29, 0.717) is 18.0 Å². The maximum absolute atomic E-state index is 12.0. The summed E-state index contributed by atoms with van der Waals surface area (Å²) in [5, 5.41) is 2.83. The normalized spacial score (nSPS) is 27.1. The third-order valence-corrected chi connectivity index (χ3v) is 4.70. The summed E-state index contributed by atoms with van der Waals surface area (Å²) >= 11 is 0. The molecule has 21 heavy (non-hydrogen) atoms. The predicted octanol–water partition coefficient (Wildman–Crippen LogP) is 4.05. The minimum Gasteiger partial charge on any atom is -0.435 e. The van der Waals surface area contributed by atoms with Crippen molar-refractivity contribution < 1.29 is 18.3 Å². The van der Waals surface area contributed by atoms with Crippen molar-refractivity contribution in [2.45, 2.75) is 38.7 Å². The van der Waals surface area contributed by atoms with Crippen LogP contribution < -0.4 is 10.1 Å². The minimum atomic E-state index is -2.83. The molecule has 2 aliphatic rings. The number of benzene rings is 1. The van der Waals surface area contributed by atoms with Crippen LogP contribution in [0, 0.1) is 17.8 Å². The quantitative estimate of drug-likeness (QED) is 0.890. The van der Waals surface area contributed by atoms with E-state index in [2.05, 4.69) is 10.1 Å². The fourth-order valence-corrected chi connectivity index (χ4v) is 3.80. The predicted molar refractivity (Wildman–Crippen MR) is 75.3 cm³/mol. The number of hydrogen-bond acceptors (Lipinski definition) is 2. The van der Waals surface area contributed by atoms with E-state index in [1.165, 1.54) is 37.8 Å². The van der Waals surface area contributed by atoms with Crippen molar-refractivity contribution in [2.24, 2.45) is 17.8 Å². The maximum atomic E-state index is 12.0. The second-order valence-corrected chi connectivity index (χ2v) is 6.09. The number of halogens is 2. The summed E-state index contributed by atoms with van der Waals surface area (Å²) in [7, 11) is 0. The number of hydrogen-bond donors (Lipinski definition) is 1. The number of anilines is 1. The Kier molecular flexibility index (Phi) is 4.08. The van der Waals surface area contributed by atoms with E-state index in [-0.39, 0.29) is 11.7 Å². The molecule has 2 saturated carbocycles. The molecule has 5 heteroatoms. The van der Waals surface area contributed by atoms with Crippen molar-refractivity contribution in [3.05, 3.63) is 24.3 Å². The highest BCUT2D eigenvalue weighted by atomic mass is 19.3. The van der Waals surface area contributed by atoms with Crippen LogP contribution in [0.4, 0.5) is 14.5 Å². The average molecular weight is 295 g/mol. The van der Waals surface area contributed by atoms with Crippen LogP contribution >= 0.6 is 0 Å². The number of amides is 1. The van der Waals surface area contributed by atoms with Crippen molar-refractivity contribution in [1.29, 1.82) is 0 Å². The van der Waals surface area contributed by atoms with Gasteiger partial charge in [-0.05, 0) is 61.3 Å². The highest BCUT2D eigenvalue weighted by Crippen LogP contribution is 2.49. The van der Waals surface area contributed by atoms with Crippen molar-refractivity contribution in [1.82, 2.24) is 0 Å². The van der Waals surface area contributed by atoms with Crippen LogP contribution in [0.3, 0.4) is 0 Å². The number of fused-ring (bicyclic) bond motifs is 2. The van der Waals surface area contributed by atoms with Crippen molar-refractivity contribution in [2.75, 3.05) is 5.32 Å². The van der Waals surface area contributed by atoms with Crippen LogP contribution in [0.2, 0.25) is 0 Å². The van der Waals surface area contributed by atoms with E-state index in [1.807, 2.05) is 0 Å². The van der Waals surface area contributed by atoms with Crippen LogP contribution in [0.5, 0.6) is 5.75 Å². The van der Waals surface area contributed by atoms with Gasteiger partial charge in [-0.15, -0.1) is 0 Å². The van der Waals surface area contributed by atoms with E-state index < -0.39 is 6.61 Å². The van der Waals surface area contributed by atoms with Crippen molar-refractivity contribution in [3.8, 4) is 5.75 Å². The standard InChI is InChI=1S/C16H19F2NO2/c17-16(18)21-14-5-3-13(4-6-14)19-15(20)9-12-8-10-1-2-11(12)7-10/h3-6,10-12,16H,1-2,7-9H2,(H,19,20)/t10-,11-,12-/m1/s1. The number of carbonyl (C=O) groups is 1. The smallest absolute Gasteiger partial charge is 0.387 e. The van der Waals surface area contributed by atoms with Gasteiger partial charge in [-0.2, -0.15) is 8.78 Å². The molecule has 0 radical (unpaired) electrons. The monoisotopic (exact) mass is 295 g/mol. The van der Waals surface area contributed by atoms with Crippen LogP contribution in [0.1, 0.15) is 32.1 Å². The molecule has 0 heterocycles. The van der Waals surface area contributed by atoms with Gasteiger partial charge in [0.2, 0.25) is 5.91 Å². The molecule has 114 valence electrons. The molecule has 1 N–H and O–H groups in total. The maximum Gasteiger partial charge on any atom is 0.387 e. The van der Waals surface area contributed by atoms with E-state index >= 15 is 0 Å². The average Bonchev–Trinajstić information content (AvgIpc) is 3.02. The van der Waals surface area contributed by atoms with Gasteiger partial charge in [-0.3, -0.25) is 4.79 Å². The minimum absolute atomic E-state index is 0.00933. The zero-order valence-electron chi connectivity index (χ0n) is 11.7. The number of nitrogens with one attached hydrogen (secondary N) is 1. The Morgan fingerprint density at radius 3 is 2.57 bits per heavy atom. The molecule has 0 saturated heterocycles. The largest absolute Gasteiger partial charge is 0.435 e. The van der Waals surface area contributed by atoms with Crippen LogP contribution in [-0.2, 0) is 4.79 Å². The number of ether oxygens (including phenoxy) is 1. The Labute approximate surface area is 122 Å². The first kappa shape index (κ1) is 14.3. The molecule has 3 rings (SSSR count). The van der Waals surface area contributed by atoms with Gasteiger partial charge in [-0.1, -0.05) is 6.42 Å². The van der Waals surface area contributed by atoms with Gasteiger partial charge in [-0.25, -0.2) is 0 Å². The zero-order valence-corrected chi connectivity index (χ0v) is 11.7. The lowest BCUT2D eigenvalue weighted by Crippen LogP contribution is -2.20. The molecule has 1 aromatic carbocycles. The zero-order chi connectivity index (χ0) is 14.8. The molecule has 1 aromatic rings. The van der Waals surface area contributed by atoms with Gasteiger partial charge in [0.25, 0.3) is 0 Å². The Balaban J connectivity index is 1.50. The Bertz CT molecular complexity index is 504. The molecular weight excluding hydrogens is 276 g/mol. The van der Waals surface area contributed by atoms with Gasteiger partial charge in [0, 0.05) is 12.1 Å². The second kappa shape index (κ2) is 6.00. The van der Waals surface area contributed by atoms with Crippen LogP contribution in [0.25, 0.3) is 0 Å². The fourth-order valence-electron chi connectivity index (χ4n) is 3.80. The van der Waals surface area contributed by atoms with Gasteiger partial charge in [0.1, 0.15) is 5.75 Å². The SMILES string of the molecule is O=C(C[C@H]1C[C@@H]2CC[C@@H]1C2)Nc1ccc(OC(F)F)cc1. The molecule has 2 fully saturated rings. The first-order valence-corrected chi connectivity index (χ1v) is 7.45. The Hall–Kier alpha value is -1.65. The molecule has 0 spiro atoms. The number of rotatable bonds is 5.